The van der Waals surface area contributed by atoms with Crippen LogP contribution in [-0.4, -0.2) is 36.9 Å². The molecule has 5 nitrogen and oxygen atoms in total. The first-order chi connectivity index (χ1) is 9.75. The lowest BCUT2D eigenvalue weighted by Gasteiger charge is -2.26. The van der Waals surface area contributed by atoms with Crippen molar-refractivity contribution in [1.29, 1.82) is 0 Å². The van der Waals surface area contributed by atoms with E-state index in [1.54, 1.807) is 24.7 Å². The van der Waals surface area contributed by atoms with Crippen molar-refractivity contribution in [2.45, 2.75) is 25.4 Å². The third kappa shape index (κ3) is 4.83. The van der Waals surface area contributed by atoms with Gasteiger partial charge in [-0.05, 0) is 37.3 Å². The number of aliphatic hydroxyl groups is 1. The zero-order chi connectivity index (χ0) is 14.2. The number of aliphatic hydroxyl groups excluding tert-OH is 1. The Morgan fingerprint density at radius 3 is 3.00 bits per heavy atom. The molecule has 0 aromatic carbocycles. The van der Waals surface area contributed by atoms with E-state index in [0.29, 0.717) is 18.9 Å². The van der Waals surface area contributed by atoms with E-state index in [-0.39, 0.29) is 12.0 Å². The highest BCUT2D eigenvalue weighted by molar-refractivity contribution is 5.91. The smallest absolute Gasteiger partial charge is 0.244 e. The second-order valence-corrected chi connectivity index (χ2v) is 4.99. The Balaban J connectivity index is 1.63. The van der Waals surface area contributed by atoms with E-state index in [2.05, 4.69) is 5.32 Å². The normalized spacial score (nSPS) is 18.2. The van der Waals surface area contributed by atoms with Crippen LogP contribution in [0.15, 0.2) is 29.1 Å². The number of furan rings is 1. The van der Waals surface area contributed by atoms with Crippen LogP contribution in [0, 0.1) is 5.92 Å². The molecule has 0 spiro atoms. The predicted molar refractivity (Wildman–Crippen MR) is 74.9 cm³/mol. The third-order valence-corrected chi connectivity index (χ3v) is 3.52. The Morgan fingerprint density at radius 2 is 2.30 bits per heavy atom. The van der Waals surface area contributed by atoms with Gasteiger partial charge in [0.1, 0.15) is 0 Å². The van der Waals surface area contributed by atoms with Gasteiger partial charge in [-0.2, -0.15) is 0 Å². The summed E-state index contributed by atoms with van der Waals surface area (Å²) in [4.78, 5) is 11.6. The van der Waals surface area contributed by atoms with Gasteiger partial charge in [0.15, 0.2) is 0 Å². The number of hydrogen-bond donors (Lipinski definition) is 2. The first-order valence-corrected chi connectivity index (χ1v) is 6.99. The molecule has 1 aliphatic rings. The van der Waals surface area contributed by atoms with Crippen molar-refractivity contribution >= 4 is 12.0 Å². The molecule has 1 amide bonds. The molecule has 1 saturated heterocycles. The standard InChI is InChI=1S/C15H21NO4/c17-14(13-5-9-19-10-6-13)3-7-16-15(18)2-1-12-4-8-20-11-12/h1-2,4,8,11,13-14,17H,3,5-7,9-10H2,(H,16,18)/b2-1+. The molecule has 110 valence electrons. The minimum atomic E-state index is -0.364. The van der Waals surface area contributed by atoms with Crippen LogP contribution in [-0.2, 0) is 9.53 Å². The highest BCUT2D eigenvalue weighted by Gasteiger charge is 2.21. The maximum absolute atomic E-state index is 11.6. The molecule has 5 heteroatoms. The second kappa shape index (κ2) is 7.87. The quantitative estimate of drug-likeness (QED) is 0.776. The number of amides is 1. The summed E-state index contributed by atoms with van der Waals surface area (Å²) in [5.41, 5.74) is 0.849. The summed E-state index contributed by atoms with van der Waals surface area (Å²) >= 11 is 0. The molecule has 0 aliphatic carbocycles. The second-order valence-electron chi connectivity index (χ2n) is 4.99. The summed E-state index contributed by atoms with van der Waals surface area (Å²) in [5, 5.41) is 12.8. The molecule has 1 aromatic heterocycles. The first kappa shape index (κ1) is 14.8. The van der Waals surface area contributed by atoms with Gasteiger partial charge in [-0.1, -0.05) is 0 Å². The lowest BCUT2D eigenvalue weighted by molar-refractivity contribution is -0.116. The maximum Gasteiger partial charge on any atom is 0.244 e. The highest BCUT2D eigenvalue weighted by atomic mass is 16.5. The molecule has 0 radical (unpaired) electrons. The summed E-state index contributed by atoms with van der Waals surface area (Å²) < 4.78 is 10.2. The van der Waals surface area contributed by atoms with E-state index < -0.39 is 0 Å². The molecule has 20 heavy (non-hydrogen) atoms. The molecular weight excluding hydrogens is 258 g/mol. The van der Waals surface area contributed by atoms with Gasteiger partial charge >= 0.3 is 0 Å². The largest absolute Gasteiger partial charge is 0.472 e. The van der Waals surface area contributed by atoms with E-state index in [4.69, 9.17) is 9.15 Å². The van der Waals surface area contributed by atoms with Gasteiger partial charge in [0, 0.05) is 31.4 Å². The number of carbonyl (C=O) groups is 1. The molecule has 0 saturated carbocycles. The molecular formula is C15H21NO4. The topological polar surface area (TPSA) is 71.7 Å². The van der Waals surface area contributed by atoms with Gasteiger partial charge in [0.2, 0.25) is 5.91 Å². The van der Waals surface area contributed by atoms with E-state index in [0.717, 1.165) is 31.6 Å². The Morgan fingerprint density at radius 1 is 1.50 bits per heavy atom. The van der Waals surface area contributed by atoms with Crippen LogP contribution in [0.5, 0.6) is 0 Å². The number of ether oxygens (including phenoxy) is 1. The van der Waals surface area contributed by atoms with Crippen LogP contribution in [0.1, 0.15) is 24.8 Å². The Labute approximate surface area is 118 Å². The average molecular weight is 279 g/mol. The van der Waals surface area contributed by atoms with E-state index >= 15 is 0 Å². The summed E-state index contributed by atoms with van der Waals surface area (Å²) in [6, 6.07) is 1.78. The van der Waals surface area contributed by atoms with Gasteiger partial charge in [-0.3, -0.25) is 4.79 Å². The first-order valence-electron chi connectivity index (χ1n) is 6.99. The van der Waals surface area contributed by atoms with Crippen molar-refractivity contribution in [3.05, 3.63) is 30.2 Å². The molecule has 1 aliphatic heterocycles. The van der Waals surface area contributed by atoms with Gasteiger partial charge < -0.3 is 19.6 Å². The maximum atomic E-state index is 11.6. The van der Waals surface area contributed by atoms with Crippen LogP contribution in [0.2, 0.25) is 0 Å². The zero-order valence-electron chi connectivity index (χ0n) is 11.5. The monoisotopic (exact) mass is 279 g/mol. The molecule has 0 bridgehead atoms. The molecule has 2 heterocycles. The highest BCUT2D eigenvalue weighted by Crippen LogP contribution is 2.20. The van der Waals surface area contributed by atoms with E-state index in [1.807, 2.05) is 0 Å². The molecule has 1 fully saturated rings. The fourth-order valence-electron chi connectivity index (χ4n) is 2.28. The van der Waals surface area contributed by atoms with Crippen LogP contribution < -0.4 is 5.32 Å². The fourth-order valence-corrected chi connectivity index (χ4v) is 2.28. The lowest BCUT2D eigenvalue weighted by Crippen LogP contribution is -2.31. The van der Waals surface area contributed by atoms with E-state index in [1.165, 1.54) is 6.08 Å². The fraction of sp³-hybridized carbons (Fsp3) is 0.533. The number of rotatable bonds is 6. The van der Waals surface area contributed by atoms with Gasteiger partial charge in [-0.25, -0.2) is 0 Å². The van der Waals surface area contributed by atoms with Crippen molar-refractivity contribution in [2.24, 2.45) is 5.92 Å². The van der Waals surface area contributed by atoms with Crippen molar-refractivity contribution in [3.8, 4) is 0 Å². The van der Waals surface area contributed by atoms with Gasteiger partial charge in [-0.15, -0.1) is 0 Å². The zero-order valence-corrected chi connectivity index (χ0v) is 11.5. The molecule has 1 atom stereocenters. The SMILES string of the molecule is O=C(/C=C/c1ccoc1)NCCC(O)C1CCOCC1. The Hall–Kier alpha value is -1.59. The van der Waals surface area contributed by atoms with Crippen molar-refractivity contribution in [1.82, 2.24) is 5.32 Å². The summed E-state index contributed by atoms with van der Waals surface area (Å²) in [6.07, 6.45) is 8.29. The summed E-state index contributed by atoms with van der Waals surface area (Å²) in [6.45, 7) is 1.93. The Kier molecular flexibility index (Phi) is 5.83. The molecule has 1 unspecified atom stereocenters. The van der Waals surface area contributed by atoms with Crippen LogP contribution in [0.3, 0.4) is 0 Å². The molecule has 2 rings (SSSR count). The number of nitrogens with one attached hydrogen (secondary N) is 1. The van der Waals surface area contributed by atoms with Gasteiger partial charge in [0.25, 0.3) is 0 Å². The van der Waals surface area contributed by atoms with Gasteiger partial charge in [0.05, 0.1) is 18.6 Å². The summed E-state index contributed by atoms with van der Waals surface area (Å²) in [5.74, 6) is 0.132. The van der Waals surface area contributed by atoms with Crippen LogP contribution >= 0.6 is 0 Å². The third-order valence-electron chi connectivity index (χ3n) is 3.52. The molecule has 1 aromatic rings. The minimum Gasteiger partial charge on any atom is -0.472 e. The van der Waals surface area contributed by atoms with Crippen molar-refractivity contribution in [2.75, 3.05) is 19.8 Å². The predicted octanol–water partition coefficient (Wildman–Crippen LogP) is 1.59. The number of hydrogen-bond acceptors (Lipinski definition) is 4. The lowest BCUT2D eigenvalue weighted by atomic mass is 9.92. The summed E-state index contributed by atoms with van der Waals surface area (Å²) in [7, 11) is 0. The van der Waals surface area contributed by atoms with Crippen LogP contribution in [0.25, 0.3) is 6.08 Å². The van der Waals surface area contributed by atoms with Crippen LogP contribution in [0.4, 0.5) is 0 Å². The van der Waals surface area contributed by atoms with Crippen molar-refractivity contribution < 1.29 is 19.1 Å². The van der Waals surface area contributed by atoms with E-state index in [9.17, 15) is 9.90 Å². The number of carbonyl (C=O) groups excluding carboxylic acids is 1. The average Bonchev–Trinajstić information content (AvgIpc) is 2.99. The Bertz CT molecular complexity index is 421. The van der Waals surface area contributed by atoms with Crippen molar-refractivity contribution in [3.63, 3.8) is 0 Å². The molecule has 2 N–H and O–H groups in total. The minimum absolute atomic E-state index is 0.162.